The first-order valence-electron chi connectivity index (χ1n) is 8.97. The van der Waals surface area contributed by atoms with Crippen LogP contribution in [-0.2, 0) is 11.3 Å². The van der Waals surface area contributed by atoms with Crippen LogP contribution in [0.25, 0.3) is 0 Å². The fraction of sp³-hybridized carbons (Fsp3) is 0.421. The van der Waals surface area contributed by atoms with Crippen molar-refractivity contribution in [3.05, 3.63) is 40.5 Å². The van der Waals surface area contributed by atoms with Crippen LogP contribution < -0.4 is 15.0 Å². The van der Waals surface area contributed by atoms with Crippen LogP contribution in [0.2, 0.25) is 5.02 Å². The zero-order chi connectivity index (χ0) is 20.1. The van der Waals surface area contributed by atoms with Gasteiger partial charge in [-0.1, -0.05) is 17.7 Å². The Morgan fingerprint density at radius 1 is 1.36 bits per heavy atom. The summed E-state index contributed by atoms with van der Waals surface area (Å²) in [6.07, 6.45) is 1.86. The summed E-state index contributed by atoms with van der Waals surface area (Å²) < 4.78 is 9.98. The summed E-state index contributed by atoms with van der Waals surface area (Å²) in [6, 6.07) is 7.23. The number of aliphatic hydroxyl groups excluding tert-OH is 1. The third-order valence-electron chi connectivity index (χ3n) is 4.74. The minimum Gasteiger partial charge on any atom is -0.495 e. The van der Waals surface area contributed by atoms with E-state index in [4.69, 9.17) is 21.1 Å². The molecule has 1 aliphatic rings. The lowest BCUT2D eigenvalue weighted by Gasteiger charge is -2.24. The number of hydrogen-bond acceptors (Lipinski definition) is 8. The molecule has 2 heterocycles. The maximum atomic E-state index is 12.1. The van der Waals surface area contributed by atoms with Gasteiger partial charge in [-0.3, -0.25) is 0 Å². The van der Waals surface area contributed by atoms with Gasteiger partial charge in [-0.2, -0.15) is 0 Å². The molecule has 2 aromatic rings. The van der Waals surface area contributed by atoms with Crippen LogP contribution in [-0.4, -0.2) is 54.7 Å². The van der Waals surface area contributed by atoms with Gasteiger partial charge in [0, 0.05) is 19.2 Å². The summed E-state index contributed by atoms with van der Waals surface area (Å²) in [6.45, 7) is 1.25. The minimum atomic E-state index is -0.575. The molecular formula is C19H23ClN4O4. The van der Waals surface area contributed by atoms with E-state index in [2.05, 4.69) is 15.5 Å². The predicted molar refractivity (Wildman–Crippen MR) is 106 cm³/mol. The van der Waals surface area contributed by atoms with Crippen molar-refractivity contribution in [1.82, 2.24) is 10.2 Å². The average molecular weight is 407 g/mol. The summed E-state index contributed by atoms with van der Waals surface area (Å²) in [4.78, 5) is 14.1. The van der Waals surface area contributed by atoms with Crippen LogP contribution in [0.4, 0.5) is 11.5 Å². The van der Waals surface area contributed by atoms with Crippen molar-refractivity contribution in [2.45, 2.75) is 25.4 Å². The first-order valence-corrected chi connectivity index (χ1v) is 9.35. The zero-order valence-corrected chi connectivity index (χ0v) is 16.6. The van der Waals surface area contributed by atoms with Gasteiger partial charge in [-0.25, -0.2) is 4.79 Å². The molecule has 1 unspecified atom stereocenters. The van der Waals surface area contributed by atoms with Gasteiger partial charge in [-0.15, -0.1) is 10.2 Å². The topological polar surface area (TPSA) is 96.8 Å². The molecule has 9 heteroatoms. The Balaban J connectivity index is 1.85. The molecule has 0 saturated carbocycles. The number of anilines is 2. The quantitative estimate of drug-likeness (QED) is 0.677. The van der Waals surface area contributed by atoms with Crippen molar-refractivity contribution in [2.75, 3.05) is 37.6 Å². The molecule has 1 aromatic heterocycles. The van der Waals surface area contributed by atoms with Crippen molar-refractivity contribution in [1.29, 1.82) is 0 Å². The van der Waals surface area contributed by atoms with Crippen molar-refractivity contribution >= 4 is 29.1 Å². The molecule has 3 rings (SSSR count). The Kier molecular flexibility index (Phi) is 6.53. The lowest BCUT2D eigenvalue weighted by molar-refractivity contribution is 0.0594. The molecule has 1 aliphatic heterocycles. The number of nitrogens with one attached hydrogen (secondary N) is 1. The van der Waals surface area contributed by atoms with E-state index < -0.39 is 5.97 Å². The fourth-order valence-corrected chi connectivity index (χ4v) is 3.53. The van der Waals surface area contributed by atoms with Crippen molar-refractivity contribution in [2.24, 2.45) is 0 Å². The lowest BCUT2D eigenvalue weighted by Crippen LogP contribution is -2.33. The number of esters is 1. The van der Waals surface area contributed by atoms with E-state index in [-0.39, 0.29) is 18.3 Å². The van der Waals surface area contributed by atoms with Gasteiger partial charge in [0.05, 0.1) is 37.6 Å². The highest BCUT2D eigenvalue weighted by Gasteiger charge is 2.27. The highest BCUT2D eigenvalue weighted by molar-refractivity contribution is 6.32. The van der Waals surface area contributed by atoms with Crippen LogP contribution in [0, 0.1) is 0 Å². The number of nitrogens with zero attached hydrogens (tertiary/aromatic N) is 3. The first kappa shape index (κ1) is 20.2. The molecule has 8 nitrogen and oxygen atoms in total. The van der Waals surface area contributed by atoms with Crippen LogP contribution in [0.3, 0.4) is 0 Å². The number of aliphatic hydroxyl groups is 1. The Labute approximate surface area is 168 Å². The second kappa shape index (κ2) is 9.07. The third kappa shape index (κ3) is 4.28. The molecule has 0 spiro atoms. The zero-order valence-electron chi connectivity index (χ0n) is 15.8. The summed E-state index contributed by atoms with van der Waals surface area (Å²) >= 11 is 6.18. The van der Waals surface area contributed by atoms with Gasteiger partial charge >= 0.3 is 5.97 Å². The fourth-order valence-electron chi connectivity index (χ4n) is 3.25. The van der Waals surface area contributed by atoms with E-state index in [0.717, 1.165) is 24.9 Å². The van der Waals surface area contributed by atoms with Crippen LogP contribution in [0.15, 0.2) is 24.3 Å². The second-order valence-electron chi connectivity index (χ2n) is 6.45. The molecule has 150 valence electrons. The number of carbonyl (C=O) groups excluding carboxylic acids is 1. The Bertz CT molecular complexity index is 849. The summed E-state index contributed by atoms with van der Waals surface area (Å²) in [5.41, 5.74) is 1.52. The third-order valence-corrected chi connectivity index (χ3v) is 5.04. The van der Waals surface area contributed by atoms with Gasteiger partial charge in [0.15, 0.2) is 11.5 Å². The summed E-state index contributed by atoms with van der Waals surface area (Å²) in [7, 11) is 2.86. The molecule has 0 radical (unpaired) electrons. The maximum Gasteiger partial charge on any atom is 0.360 e. The van der Waals surface area contributed by atoms with Crippen molar-refractivity contribution in [3.8, 4) is 5.75 Å². The number of halogens is 1. The molecule has 0 amide bonds. The van der Waals surface area contributed by atoms with Crippen LogP contribution in [0.5, 0.6) is 5.75 Å². The molecule has 0 aliphatic carbocycles. The van der Waals surface area contributed by atoms with Gasteiger partial charge in [0.25, 0.3) is 0 Å². The van der Waals surface area contributed by atoms with E-state index in [1.54, 1.807) is 25.3 Å². The maximum absolute atomic E-state index is 12.1. The number of ether oxygens (including phenoxy) is 2. The molecule has 1 saturated heterocycles. The predicted octanol–water partition coefficient (Wildman–Crippen LogP) is 2.50. The number of benzene rings is 1. The van der Waals surface area contributed by atoms with Crippen LogP contribution >= 0.6 is 11.6 Å². The minimum absolute atomic E-state index is 0.00604. The van der Waals surface area contributed by atoms with E-state index in [1.807, 2.05) is 11.0 Å². The smallest absolute Gasteiger partial charge is 0.360 e. The van der Waals surface area contributed by atoms with Gasteiger partial charge < -0.3 is 24.8 Å². The second-order valence-corrected chi connectivity index (χ2v) is 6.86. The van der Waals surface area contributed by atoms with Crippen molar-refractivity contribution < 1.29 is 19.4 Å². The van der Waals surface area contributed by atoms with E-state index in [9.17, 15) is 9.90 Å². The molecule has 28 heavy (non-hydrogen) atoms. The van der Waals surface area contributed by atoms with Gasteiger partial charge in [0.1, 0.15) is 5.75 Å². The van der Waals surface area contributed by atoms with Gasteiger partial charge in [0.2, 0.25) is 0 Å². The number of hydrogen-bond donors (Lipinski definition) is 2. The molecular weight excluding hydrogens is 384 g/mol. The highest BCUT2D eigenvalue weighted by Crippen LogP contribution is 2.28. The van der Waals surface area contributed by atoms with E-state index in [0.29, 0.717) is 28.8 Å². The molecule has 0 bridgehead atoms. The lowest BCUT2D eigenvalue weighted by atomic mass is 10.2. The highest BCUT2D eigenvalue weighted by atomic mass is 35.5. The average Bonchev–Trinajstić information content (AvgIpc) is 3.20. The van der Waals surface area contributed by atoms with Crippen molar-refractivity contribution in [3.63, 3.8) is 0 Å². The molecule has 1 aromatic carbocycles. The number of rotatable bonds is 7. The molecule has 1 atom stereocenters. The Hall–Kier alpha value is -2.58. The van der Waals surface area contributed by atoms with E-state index in [1.165, 1.54) is 7.11 Å². The SMILES string of the molecule is COC(=O)c1nnc(N2CCCC2CO)cc1NCc1ccc(OC)c(Cl)c1. The number of aromatic nitrogens is 2. The monoisotopic (exact) mass is 406 g/mol. The first-order chi connectivity index (χ1) is 13.6. The largest absolute Gasteiger partial charge is 0.495 e. The number of carbonyl (C=O) groups is 1. The molecule has 1 fully saturated rings. The van der Waals surface area contributed by atoms with Gasteiger partial charge in [-0.05, 0) is 30.5 Å². The van der Waals surface area contributed by atoms with E-state index >= 15 is 0 Å². The normalized spacial score (nSPS) is 16.1. The number of methoxy groups -OCH3 is 2. The van der Waals surface area contributed by atoms with Crippen LogP contribution in [0.1, 0.15) is 28.9 Å². The standard InChI is InChI=1S/C19H23ClN4O4/c1-27-16-6-5-12(8-14(16)20)10-21-15-9-17(22-23-18(15)19(26)28-2)24-7-3-4-13(24)11-25/h5-6,8-9,13,25H,3-4,7,10-11H2,1-2H3,(H,21,22). The Morgan fingerprint density at radius 2 is 2.18 bits per heavy atom. The summed E-state index contributed by atoms with van der Waals surface area (Å²) in [5.74, 6) is 0.631. The summed E-state index contributed by atoms with van der Waals surface area (Å²) in [5, 5.41) is 21.5. The Morgan fingerprint density at radius 3 is 2.86 bits per heavy atom. The molecule has 2 N–H and O–H groups in total.